The van der Waals surface area contributed by atoms with Crippen molar-refractivity contribution in [2.24, 2.45) is 0 Å². The van der Waals surface area contributed by atoms with Crippen molar-refractivity contribution < 1.29 is 23.8 Å². The van der Waals surface area contributed by atoms with Crippen LogP contribution in [0.15, 0.2) is 53.7 Å². The minimum atomic E-state index is -0.441. The zero-order valence-corrected chi connectivity index (χ0v) is 16.0. The molecule has 0 fully saturated rings. The van der Waals surface area contributed by atoms with Crippen LogP contribution >= 0.6 is 0 Å². The molecule has 0 N–H and O–H groups in total. The lowest BCUT2D eigenvalue weighted by atomic mass is 9.83. The Morgan fingerprint density at radius 2 is 1.79 bits per heavy atom. The lowest BCUT2D eigenvalue weighted by molar-refractivity contribution is -0.136. The third-order valence-corrected chi connectivity index (χ3v) is 5.22. The standard InChI is InChI=1S/C22H21NO5/c1-13-4-6-14(7-5-13)23-18-12-28-22(25)21(18)17(11-20(23)24)16-10-15(26-2)8-9-19(16)27-3/h4-10,17H,11-12H2,1-3H3/t17-/m1/s1. The summed E-state index contributed by atoms with van der Waals surface area (Å²) in [4.78, 5) is 27.3. The van der Waals surface area contributed by atoms with E-state index in [9.17, 15) is 9.59 Å². The predicted octanol–water partition coefficient (Wildman–Crippen LogP) is 3.34. The topological polar surface area (TPSA) is 65.1 Å². The van der Waals surface area contributed by atoms with E-state index in [1.165, 1.54) is 0 Å². The average molecular weight is 379 g/mol. The molecular formula is C22H21NO5. The van der Waals surface area contributed by atoms with E-state index < -0.39 is 11.9 Å². The fourth-order valence-electron chi connectivity index (χ4n) is 3.82. The number of carbonyl (C=O) groups is 2. The molecule has 0 unspecified atom stereocenters. The quantitative estimate of drug-likeness (QED) is 0.763. The largest absolute Gasteiger partial charge is 0.497 e. The molecule has 2 heterocycles. The van der Waals surface area contributed by atoms with Crippen molar-refractivity contribution in [2.75, 3.05) is 25.7 Å². The minimum absolute atomic E-state index is 0.0799. The molecule has 0 saturated carbocycles. The van der Waals surface area contributed by atoms with Crippen LogP contribution < -0.4 is 14.4 Å². The van der Waals surface area contributed by atoms with E-state index >= 15 is 0 Å². The van der Waals surface area contributed by atoms with Gasteiger partial charge >= 0.3 is 5.97 Å². The number of nitrogens with zero attached hydrogens (tertiary/aromatic N) is 1. The van der Waals surface area contributed by atoms with E-state index in [1.54, 1.807) is 31.3 Å². The van der Waals surface area contributed by atoms with Gasteiger partial charge in [-0.25, -0.2) is 4.79 Å². The number of rotatable bonds is 4. The summed E-state index contributed by atoms with van der Waals surface area (Å²) in [6.07, 6.45) is 0.144. The van der Waals surface area contributed by atoms with Crippen molar-refractivity contribution >= 4 is 17.6 Å². The molecule has 6 nitrogen and oxygen atoms in total. The number of hydrogen-bond acceptors (Lipinski definition) is 5. The van der Waals surface area contributed by atoms with Crippen molar-refractivity contribution in [2.45, 2.75) is 19.3 Å². The van der Waals surface area contributed by atoms with Gasteiger partial charge in [-0.1, -0.05) is 17.7 Å². The first-order valence-electron chi connectivity index (χ1n) is 9.05. The molecule has 0 aliphatic carbocycles. The molecule has 0 bridgehead atoms. The molecule has 2 aromatic rings. The SMILES string of the molecule is COc1ccc(OC)c([C@H]2CC(=O)N(c3ccc(C)cc3)C3=C2C(=O)OC3)c1. The van der Waals surface area contributed by atoms with Crippen molar-refractivity contribution in [3.8, 4) is 11.5 Å². The number of benzene rings is 2. The Balaban J connectivity index is 1.85. The van der Waals surface area contributed by atoms with Crippen LogP contribution in [0.1, 0.15) is 23.5 Å². The third kappa shape index (κ3) is 2.91. The molecule has 4 rings (SSSR count). The number of aryl methyl sites for hydroxylation is 1. The van der Waals surface area contributed by atoms with Gasteiger partial charge < -0.3 is 14.2 Å². The molecule has 0 spiro atoms. The average Bonchev–Trinajstić information content (AvgIpc) is 3.09. The van der Waals surface area contributed by atoms with E-state index in [2.05, 4.69) is 0 Å². The van der Waals surface area contributed by atoms with Crippen LogP contribution in [0, 0.1) is 6.92 Å². The fourth-order valence-corrected chi connectivity index (χ4v) is 3.82. The Kier molecular flexibility index (Phi) is 4.55. The summed E-state index contributed by atoms with van der Waals surface area (Å²) < 4.78 is 16.1. The molecule has 28 heavy (non-hydrogen) atoms. The number of esters is 1. The van der Waals surface area contributed by atoms with Crippen molar-refractivity contribution in [1.29, 1.82) is 0 Å². The van der Waals surface area contributed by atoms with Gasteiger partial charge in [-0.3, -0.25) is 9.69 Å². The maximum Gasteiger partial charge on any atom is 0.336 e. The summed E-state index contributed by atoms with van der Waals surface area (Å²) in [5, 5.41) is 0. The highest BCUT2D eigenvalue weighted by atomic mass is 16.5. The molecule has 0 radical (unpaired) electrons. The number of methoxy groups -OCH3 is 2. The first-order chi connectivity index (χ1) is 13.5. The van der Waals surface area contributed by atoms with Crippen LogP contribution in [0.5, 0.6) is 11.5 Å². The minimum Gasteiger partial charge on any atom is -0.497 e. The van der Waals surface area contributed by atoms with Gasteiger partial charge in [-0.05, 0) is 37.3 Å². The van der Waals surface area contributed by atoms with Gasteiger partial charge in [0.1, 0.15) is 18.1 Å². The number of ether oxygens (including phenoxy) is 3. The molecule has 1 amide bonds. The molecular weight excluding hydrogens is 358 g/mol. The Bertz CT molecular complexity index is 977. The maximum absolute atomic E-state index is 13.1. The van der Waals surface area contributed by atoms with Gasteiger partial charge in [0.25, 0.3) is 0 Å². The zero-order chi connectivity index (χ0) is 19.8. The molecule has 2 aliphatic rings. The molecule has 2 aromatic carbocycles. The van der Waals surface area contributed by atoms with Crippen LogP contribution in [0.4, 0.5) is 5.69 Å². The summed E-state index contributed by atoms with van der Waals surface area (Å²) in [7, 11) is 3.14. The second-order valence-corrected chi connectivity index (χ2v) is 6.87. The summed E-state index contributed by atoms with van der Waals surface area (Å²) in [5.74, 6) is 0.321. The predicted molar refractivity (Wildman–Crippen MR) is 104 cm³/mol. The van der Waals surface area contributed by atoms with Gasteiger partial charge in [0, 0.05) is 23.6 Å². The highest BCUT2D eigenvalue weighted by Gasteiger charge is 2.43. The van der Waals surface area contributed by atoms with Crippen LogP contribution in [0.3, 0.4) is 0 Å². The van der Waals surface area contributed by atoms with Gasteiger partial charge in [-0.2, -0.15) is 0 Å². The molecule has 0 saturated heterocycles. The van der Waals surface area contributed by atoms with Crippen molar-refractivity contribution in [3.63, 3.8) is 0 Å². The Morgan fingerprint density at radius 3 is 2.46 bits per heavy atom. The monoisotopic (exact) mass is 379 g/mol. The molecule has 2 aliphatic heterocycles. The first-order valence-corrected chi connectivity index (χ1v) is 9.05. The number of carbonyl (C=O) groups excluding carboxylic acids is 2. The fraction of sp³-hybridized carbons (Fsp3) is 0.273. The normalized spacial score (nSPS) is 18.8. The smallest absolute Gasteiger partial charge is 0.336 e. The van der Waals surface area contributed by atoms with E-state index in [0.29, 0.717) is 22.8 Å². The zero-order valence-electron chi connectivity index (χ0n) is 16.0. The summed E-state index contributed by atoms with van der Waals surface area (Å²) >= 11 is 0. The molecule has 144 valence electrons. The summed E-state index contributed by atoms with van der Waals surface area (Å²) in [6, 6.07) is 13.0. The van der Waals surface area contributed by atoms with Crippen molar-refractivity contribution in [3.05, 3.63) is 64.9 Å². The van der Waals surface area contributed by atoms with E-state index in [1.807, 2.05) is 37.3 Å². The van der Waals surface area contributed by atoms with Crippen LogP contribution in [-0.2, 0) is 14.3 Å². The summed E-state index contributed by atoms with van der Waals surface area (Å²) in [6.45, 7) is 2.07. The number of cyclic esters (lactones) is 1. The Hall–Kier alpha value is -3.28. The molecule has 6 heteroatoms. The van der Waals surface area contributed by atoms with Gasteiger partial charge in [0.2, 0.25) is 5.91 Å². The second kappa shape index (κ2) is 7.03. The highest BCUT2D eigenvalue weighted by Crippen LogP contribution is 2.45. The van der Waals surface area contributed by atoms with Gasteiger partial charge in [-0.15, -0.1) is 0 Å². The highest BCUT2D eigenvalue weighted by molar-refractivity contribution is 6.06. The molecule has 0 aromatic heterocycles. The number of amides is 1. The van der Waals surface area contributed by atoms with E-state index in [-0.39, 0.29) is 18.9 Å². The lowest BCUT2D eigenvalue weighted by Crippen LogP contribution is -2.37. The first kappa shape index (κ1) is 18.1. The van der Waals surface area contributed by atoms with Gasteiger partial charge in [0.05, 0.1) is 25.5 Å². The van der Waals surface area contributed by atoms with Crippen LogP contribution in [0.25, 0.3) is 0 Å². The molecule has 1 atom stereocenters. The number of hydrogen-bond donors (Lipinski definition) is 0. The Labute approximate surface area is 163 Å². The van der Waals surface area contributed by atoms with E-state index in [4.69, 9.17) is 14.2 Å². The van der Waals surface area contributed by atoms with E-state index in [0.717, 1.165) is 16.8 Å². The van der Waals surface area contributed by atoms with Crippen molar-refractivity contribution in [1.82, 2.24) is 0 Å². The van der Waals surface area contributed by atoms with Crippen LogP contribution in [0.2, 0.25) is 0 Å². The Morgan fingerprint density at radius 1 is 1.04 bits per heavy atom. The second-order valence-electron chi connectivity index (χ2n) is 6.87. The van der Waals surface area contributed by atoms with Crippen LogP contribution in [-0.4, -0.2) is 32.7 Å². The van der Waals surface area contributed by atoms with Gasteiger partial charge in [0.15, 0.2) is 0 Å². The summed E-state index contributed by atoms with van der Waals surface area (Å²) in [5.41, 5.74) is 3.68. The third-order valence-electron chi connectivity index (χ3n) is 5.22. The number of anilines is 1. The lowest BCUT2D eigenvalue weighted by Gasteiger charge is -2.32. The maximum atomic E-state index is 13.1.